The maximum absolute atomic E-state index is 9.78. The van der Waals surface area contributed by atoms with E-state index in [0.29, 0.717) is 6.42 Å². The molecule has 2 atom stereocenters. The molecule has 1 aromatic rings. The fraction of sp³-hybridized carbons (Fsp3) is 0.455. The quantitative estimate of drug-likeness (QED) is 0.660. The van der Waals surface area contributed by atoms with E-state index in [2.05, 4.69) is 0 Å². The summed E-state index contributed by atoms with van der Waals surface area (Å²) in [6, 6.07) is 5.89. The minimum Gasteiger partial charge on any atom is -0.490 e. The van der Waals surface area contributed by atoms with Crippen LogP contribution < -0.4 is 4.74 Å². The lowest BCUT2D eigenvalue weighted by atomic mass is 9.97. The van der Waals surface area contributed by atoms with Crippen LogP contribution in [-0.4, -0.2) is 11.2 Å². The molecule has 0 amide bonds. The molecule has 0 saturated heterocycles. The summed E-state index contributed by atoms with van der Waals surface area (Å²) >= 11 is 0. The summed E-state index contributed by atoms with van der Waals surface area (Å²) in [4.78, 5) is 0. The van der Waals surface area contributed by atoms with Gasteiger partial charge < -0.3 is 9.84 Å². The number of benzene rings is 1. The predicted molar refractivity (Wildman–Crippen MR) is 50.8 cm³/mol. The Labute approximate surface area is 78.2 Å². The first-order valence-electron chi connectivity index (χ1n) is 4.62. The number of hydrogen-bond acceptors (Lipinski definition) is 2. The lowest BCUT2D eigenvalue weighted by molar-refractivity contribution is 0.0743. The molecule has 1 unspecified atom stereocenters. The Kier molecular flexibility index (Phi) is 2.00. The zero-order valence-electron chi connectivity index (χ0n) is 7.95. The van der Waals surface area contributed by atoms with Gasteiger partial charge in [-0.3, -0.25) is 0 Å². The Balaban J connectivity index is 2.49. The smallest absolute Gasteiger partial charge is 0.128 e. The van der Waals surface area contributed by atoms with Crippen molar-refractivity contribution in [3.63, 3.8) is 0 Å². The summed E-state index contributed by atoms with van der Waals surface area (Å²) in [5, 5.41) is 9.78. The van der Waals surface area contributed by atoms with E-state index in [0.717, 1.165) is 16.9 Å². The van der Waals surface area contributed by atoms with Gasteiger partial charge in [-0.05, 0) is 19.4 Å². The Morgan fingerprint density at radius 3 is 3.00 bits per heavy atom. The number of aryl methyl sites for hydroxylation is 1. The van der Waals surface area contributed by atoms with Crippen LogP contribution in [0.25, 0.3) is 0 Å². The number of fused-ring (bicyclic) bond motifs is 1. The van der Waals surface area contributed by atoms with Crippen molar-refractivity contribution in [2.24, 2.45) is 0 Å². The van der Waals surface area contributed by atoms with Crippen LogP contribution in [-0.2, 0) is 0 Å². The molecule has 1 aromatic carbocycles. The van der Waals surface area contributed by atoms with Gasteiger partial charge in [-0.2, -0.15) is 0 Å². The van der Waals surface area contributed by atoms with Gasteiger partial charge in [0.2, 0.25) is 0 Å². The average Bonchev–Trinajstić information content (AvgIpc) is 2.07. The van der Waals surface area contributed by atoms with Crippen LogP contribution in [0.1, 0.15) is 30.6 Å². The number of aliphatic hydroxyl groups is 1. The summed E-state index contributed by atoms with van der Waals surface area (Å²) < 4.78 is 5.67. The van der Waals surface area contributed by atoms with Crippen molar-refractivity contribution in [2.75, 3.05) is 0 Å². The van der Waals surface area contributed by atoms with Gasteiger partial charge in [0.05, 0.1) is 12.2 Å². The third-order valence-corrected chi connectivity index (χ3v) is 2.48. The van der Waals surface area contributed by atoms with Crippen LogP contribution in [0.15, 0.2) is 18.2 Å². The van der Waals surface area contributed by atoms with Gasteiger partial charge in [0.15, 0.2) is 0 Å². The van der Waals surface area contributed by atoms with E-state index in [1.54, 1.807) is 0 Å². The number of rotatable bonds is 0. The molecule has 13 heavy (non-hydrogen) atoms. The van der Waals surface area contributed by atoms with E-state index in [4.69, 9.17) is 4.74 Å². The molecule has 0 bridgehead atoms. The first-order valence-corrected chi connectivity index (χ1v) is 4.62. The fourth-order valence-electron chi connectivity index (χ4n) is 1.79. The highest BCUT2D eigenvalue weighted by atomic mass is 16.5. The zero-order valence-corrected chi connectivity index (χ0v) is 7.95. The monoisotopic (exact) mass is 178 g/mol. The van der Waals surface area contributed by atoms with Crippen molar-refractivity contribution in [3.8, 4) is 5.75 Å². The zero-order chi connectivity index (χ0) is 9.42. The third-order valence-electron chi connectivity index (χ3n) is 2.48. The second kappa shape index (κ2) is 3.04. The van der Waals surface area contributed by atoms with Crippen molar-refractivity contribution in [1.29, 1.82) is 0 Å². The molecule has 70 valence electrons. The van der Waals surface area contributed by atoms with Gasteiger partial charge >= 0.3 is 0 Å². The van der Waals surface area contributed by atoms with Crippen LogP contribution in [0.2, 0.25) is 0 Å². The maximum Gasteiger partial charge on any atom is 0.128 e. The highest BCUT2D eigenvalue weighted by Crippen LogP contribution is 2.36. The maximum atomic E-state index is 9.78. The Hall–Kier alpha value is -1.02. The van der Waals surface area contributed by atoms with Gasteiger partial charge in [0.1, 0.15) is 5.75 Å². The van der Waals surface area contributed by atoms with Gasteiger partial charge in [-0.15, -0.1) is 0 Å². The van der Waals surface area contributed by atoms with Crippen LogP contribution >= 0.6 is 0 Å². The summed E-state index contributed by atoms with van der Waals surface area (Å²) in [5.74, 6) is 0.869. The molecular weight excluding hydrogens is 164 g/mol. The predicted octanol–water partition coefficient (Wildman–Crippen LogP) is 2.20. The second-order valence-corrected chi connectivity index (χ2v) is 3.67. The highest BCUT2D eigenvalue weighted by molar-refractivity contribution is 5.43. The second-order valence-electron chi connectivity index (χ2n) is 3.67. The fourth-order valence-corrected chi connectivity index (χ4v) is 1.79. The van der Waals surface area contributed by atoms with Gasteiger partial charge in [0.25, 0.3) is 0 Å². The standard InChI is InChI=1S/C11H14O2/c1-7-4-3-5-9-10(12)6-8(2)13-11(7)9/h3-5,8,10,12H,6H2,1-2H3/t8-,10?/m1/s1. The van der Waals surface area contributed by atoms with Crippen LogP contribution in [0.4, 0.5) is 0 Å². The first-order chi connectivity index (χ1) is 6.18. The van der Waals surface area contributed by atoms with E-state index in [-0.39, 0.29) is 12.2 Å². The molecule has 2 heteroatoms. The molecule has 0 aliphatic carbocycles. The minimum absolute atomic E-state index is 0.114. The molecule has 1 aliphatic heterocycles. The molecule has 1 heterocycles. The van der Waals surface area contributed by atoms with E-state index in [9.17, 15) is 5.11 Å². The van der Waals surface area contributed by atoms with Crippen LogP contribution in [0, 0.1) is 6.92 Å². The number of ether oxygens (including phenoxy) is 1. The molecule has 0 fully saturated rings. The lowest BCUT2D eigenvalue weighted by Crippen LogP contribution is -2.23. The molecule has 1 N–H and O–H groups in total. The molecular formula is C11H14O2. The summed E-state index contributed by atoms with van der Waals surface area (Å²) in [6.45, 7) is 3.99. The van der Waals surface area contributed by atoms with Gasteiger partial charge in [-0.1, -0.05) is 18.2 Å². The van der Waals surface area contributed by atoms with Crippen molar-refractivity contribution in [2.45, 2.75) is 32.5 Å². The Bertz CT molecular complexity index is 320. The molecule has 2 rings (SSSR count). The van der Waals surface area contributed by atoms with E-state index < -0.39 is 0 Å². The van der Waals surface area contributed by atoms with Crippen molar-refractivity contribution < 1.29 is 9.84 Å². The Morgan fingerprint density at radius 2 is 2.23 bits per heavy atom. The van der Waals surface area contributed by atoms with Gasteiger partial charge in [0, 0.05) is 12.0 Å². The number of aliphatic hydroxyl groups excluding tert-OH is 1. The third kappa shape index (κ3) is 1.42. The Morgan fingerprint density at radius 1 is 1.46 bits per heavy atom. The summed E-state index contributed by atoms with van der Waals surface area (Å²) in [7, 11) is 0. The van der Waals surface area contributed by atoms with E-state index in [1.807, 2.05) is 32.0 Å². The van der Waals surface area contributed by atoms with Crippen molar-refractivity contribution in [1.82, 2.24) is 0 Å². The molecule has 0 saturated carbocycles. The SMILES string of the molecule is Cc1cccc2c1O[C@H](C)CC2O. The number of para-hydroxylation sites is 1. The molecule has 0 spiro atoms. The number of hydrogen-bond donors (Lipinski definition) is 1. The van der Waals surface area contributed by atoms with E-state index in [1.165, 1.54) is 0 Å². The minimum atomic E-state index is -0.362. The van der Waals surface area contributed by atoms with Crippen molar-refractivity contribution in [3.05, 3.63) is 29.3 Å². The molecule has 2 nitrogen and oxygen atoms in total. The molecule has 1 aliphatic rings. The molecule has 0 radical (unpaired) electrons. The first kappa shape index (κ1) is 8.57. The van der Waals surface area contributed by atoms with Gasteiger partial charge in [-0.25, -0.2) is 0 Å². The topological polar surface area (TPSA) is 29.5 Å². The van der Waals surface area contributed by atoms with Crippen molar-refractivity contribution >= 4 is 0 Å². The highest BCUT2D eigenvalue weighted by Gasteiger charge is 2.24. The summed E-state index contributed by atoms with van der Waals surface area (Å²) in [5.41, 5.74) is 2.03. The largest absolute Gasteiger partial charge is 0.490 e. The van der Waals surface area contributed by atoms with Crippen LogP contribution in [0.3, 0.4) is 0 Å². The van der Waals surface area contributed by atoms with Crippen LogP contribution in [0.5, 0.6) is 5.75 Å². The normalized spacial score (nSPS) is 26.4. The summed E-state index contributed by atoms with van der Waals surface area (Å²) in [6.07, 6.45) is 0.443. The molecule has 0 aromatic heterocycles. The van der Waals surface area contributed by atoms with E-state index >= 15 is 0 Å². The lowest BCUT2D eigenvalue weighted by Gasteiger charge is -2.28. The average molecular weight is 178 g/mol.